The molecule has 0 bridgehead atoms. The number of aryl methyl sites for hydroxylation is 1. The third-order valence-electron chi connectivity index (χ3n) is 4.26. The van der Waals surface area contributed by atoms with Crippen molar-refractivity contribution in [2.45, 2.75) is 13.3 Å². The minimum absolute atomic E-state index is 0.0936. The molecule has 0 atom stereocenters. The highest BCUT2D eigenvalue weighted by Crippen LogP contribution is 2.19. The number of aromatic nitrogens is 4. The molecular weight excluding hydrogens is 361 g/mol. The average Bonchev–Trinajstić information content (AvgIpc) is 3.14. The van der Waals surface area contributed by atoms with Crippen molar-refractivity contribution < 1.29 is 9.18 Å². The summed E-state index contributed by atoms with van der Waals surface area (Å²) in [6.45, 7) is 1.80. The number of hydrogen-bond acceptors (Lipinski definition) is 4. The number of amides is 1. The third-order valence-corrected chi connectivity index (χ3v) is 4.26. The van der Waals surface area contributed by atoms with Crippen molar-refractivity contribution in [2.24, 2.45) is 0 Å². The van der Waals surface area contributed by atoms with E-state index in [2.05, 4.69) is 20.6 Å². The molecule has 2 heterocycles. The van der Waals surface area contributed by atoms with Crippen LogP contribution in [0, 0.1) is 12.7 Å². The predicted octanol–water partition coefficient (Wildman–Crippen LogP) is 2.71. The molecule has 2 aromatic heterocycles. The number of carbonyl (C=O) groups is 1. The smallest absolute Gasteiger partial charge is 0.290 e. The second-order valence-electron chi connectivity index (χ2n) is 6.37. The van der Waals surface area contributed by atoms with Crippen LogP contribution in [0.1, 0.15) is 11.4 Å². The van der Waals surface area contributed by atoms with Crippen LogP contribution in [-0.2, 0) is 11.2 Å². The summed E-state index contributed by atoms with van der Waals surface area (Å²) in [7, 11) is 0. The Hall–Kier alpha value is -3.81. The van der Waals surface area contributed by atoms with Crippen LogP contribution in [0.5, 0.6) is 0 Å². The summed E-state index contributed by atoms with van der Waals surface area (Å²) >= 11 is 0. The maximum Gasteiger partial charge on any atom is 0.290 e. The van der Waals surface area contributed by atoms with Gasteiger partial charge in [-0.1, -0.05) is 36.4 Å². The van der Waals surface area contributed by atoms with Crippen molar-refractivity contribution in [1.29, 1.82) is 0 Å². The Kier molecular flexibility index (Phi) is 4.44. The SMILES string of the molecule is Cc1ccc(F)c(NC(=O)Cc2n[nH]c(=O)c3cc(-c4ccccc4)nn23)c1. The largest absolute Gasteiger partial charge is 0.323 e. The van der Waals surface area contributed by atoms with Gasteiger partial charge >= 0.3 is 0 Å². The number of benzene rings is 2. The van der Waals surface area contributed by atoms with Crippen molar-refractivity contribution in [3.8, 4) is 11.3 Å². The molecule has 0 fully saturated rings. The monoisotopic (exact) mass is 377 g/mol. The van der Waals surface area contributed by atoms with E-state index in [4.69, 9.17) is 0 Å². The molecule has 4 aromatic rings. The Morgan fingerprint density at radius 2 is 1.96 bits per heavy atom. The van der Waals surface area contributed by atoms with Gasteiger partial charge in [-0.2, -0.15) is 10.2 Å². The van der Waals surface area contributed by atoms with Gasteiger partial charge in [-0.15, -0.1) is 0 Å². The fourth-order valence-electron chi connectivity index (χ4n) is 2.90. The van der Waals surface area contributed by atoms with Gasteiger partial charge in [0.2, 0.25) is 5.91 Å². The third kappa shape index (κ3) is 3.39. The molecule has 0 saturated carbocycles. The van der Waals surface area contributed by atoms with Gasteiger partial charge < -0.3 is 5.32 Å². The average molecular weight is 377 g/mol. The second kappa shape index (κ2) is 7.07. The van der Waals surface area contributed by atoms with E-state index in [1.54, 1.807) is 25.1 Å². The van der Waals surface area contributed by atoms with E-state index in [0.29, 0.717) is 5.69 Å². The number of hydrogen-bond donors (Lipinski definition) is 2. The van der Waals surface area contributed by atoms with E-state index < -0.39 is 17.3 Å². The maximum atomic E-state index is 13.9. The molecule has 8 heteroatoms. The Balaban J connectivity index is 1.66. The van der Waals surface area contributed by atoms with Gasteiger partial charge in [-0.25, -0.2) is 14.0 Å². The Bertz CT molecular complexity index is 1230. The first-order valence-corrected chi connectivity index (χ1v) is 8.60. The lowest BCUT2D eigenvalue weighted by Crippen LogP contribution is -2.22. The van der Waals surface area contributed by atoms with Crippen LogP contribution < -0.4 is 10.9 Å². The molecule has 0 aliphatic heterocycles. The summed E-state index contributed by atoms with van der Waals surface area (Å²) < 4.78 is 15.2. The number of anilines is 1. The predicted molar refractivity (Wildman–Crippen MR) is 103 cm³/mol. The fraction of sp³-hybridized carbons (Fsp3) is 0.100. The molecule has 140 valence electrons. The summed E-state index contributed by atoms with van der Waals surface area (Å²) in [6.07, 6.45) is -0.184. The number of rotatable bonds is 4. The highest BCUT2D eigenvalue weighted by Gasteiger charge is 2.15. The lowest BCUT2D eigenvalue weighted by Gasteiger charge is -2.07. The number of aromatic amines is 1. The molecule has 2 aromatic carbocycles. The quantitative estimate of drug-likeness (QED) is 0.572. The van der Waals surface area contributed by atoms with Gasteiger partial charge in [0.25, 0.3) is 5.56 Å². The summed E-state index contributed by atoms with van der Waals surface area (Å²) in [4.78, 5) is 24.5. The van der Waals surface area contributed by atoms with Crippen LogP contribution in [0.25, 0.3) is 16.8 Å². The molecule has 0 unspecified atom stereocenters. The minimum atomic E-state index is -0.524. The number of H-pyrrole nitrogens is 1. The Labute approximate surface area is 158 Å². The molecule has 7 nitrogen and oxygen atoms in total. The fourth-order valence-corrected chi connectivity index (χ4v) is 2.90. The first kappa shape index (κ1) is 17.6. The normalized spacial score (nSPS) is 10.9. The molecular formula is C20H16FN5O2. The number of fused-ring (bicyclic) bond motifs is 1. The summed E-state index contributed by atoms with van der Waals surface area (Å²) in [5.74, 6) is -0.756. The first-order chi connectivity index (χ1) is 13.5. The van der Waals surface area contributed by atoms with E-state index in [0.717, 1.165) is 11.1 Å². The van der Waals surface area contributed by atoms with E-state index in [1.807, 2.05) is 30.3 Å². The van der Waals surface area contributed by atoms with Gasteiger partial charge in [0.05, 0.1) is 17.8 Å². The lowest BCUT2D eigenvalue weighted by molar-refractivity contribution is -0.115. The summed E-state index contributed by atoms with van der Waals surface area (Å²) in [5.41, 5.74) is 2.20. The van der Waals surface area contributed by atoms with Crippen molar-refractivity contribution in [3.05, 3.63) is 82.2 Å². The second-order valence-corrected chi connectivity index (χ2v) is 6.37. The molecule has 0 aliphatic carbocycles. The molecule has 4 rings (SSSR count). The Morgan fingerprint density at radius 1 is 1.18 bits per heavy atom. The van der Waals surface area contributed by atoms with Crippen LogP contribution in [0.4, 0.5) is 10.1 Å². The molecule has 0 aliphatic rings. The van der Waals surface area contributed by atoms with Crippen molar-refractivity contribution >= 4 is 17.1 Å². The van der Waals surface area contributed by atoms with Crippen LogP contribution in [-0.4, -0.2) is 25.7 Å². The zero-order valence-corrected chi connectivity index (χ0v) is 14.9. The maximum absolute atomic E-state index is 13.9. The highest BCUT2D eigenvalue weighted by molar-refractivity contribution is 5.92. The minimum Gasteiger partial charge on any atom is -0.323 e. The van der Waals surface area contributed by atoms with Crippen LogP contribution in [0.15, 0.2) is 59.4 Å². The van der Waals surface area contributed by atoms with E-state index in [1.165, 1.54) is 10.6 Å². The van der Waals surface area contributed by atoms with E-state index >= 15 is 0 Å². The van der Waals surface area contributed by atoms with Crippen LogP contribution >= 0.6 is 0 Å². The number of nitrogens with zero attached hydrogens (tertiary/aromatic N) is 3. The van der Waals surface area contributed by atoms with Gasteiger partial charge in [0, 0.05) is 5.56 Å². The molecule has 0 saturated heterocycles. The van der Waals surface area contributed by atoms with Crippen LogP contribution in [0.2, 0.25) is 0 Å². The number of halogens is 1. The van der Waals surface area contributed by atoms with E-state index in [9.17, 15) is 14.0 Å². The van der Waals surface area contributed by atoms with Crippen LogP contribution in [0.3, 0.4) is 0 Å². The van der Waals surface area contributed by atoms with Crippen molar-refractivity contribution in [1.82, 2.24) is 19.8 Å². The topological polar surface area (TPSA) is 92.1 Å². The zero-order valence-electron chi connectivity index (χ0n) is 14.9. The van der Waals surface area contributed by atoms with Gasteiger partial charge in [0.15, 0.2) is 5.82 Å². The summed E-state index contributed by atoms with van der Waals surface area (Å²) in [5, 5.41) is 13.3. The molecule has 0 radical (unpaired) electrons. The van der Waals surface area contributed by atoms with Gasteiger partial charge in [-0.05, 0) is 30.7 Å². The number of carbonyl (C=O) groups excluding carboxylic acids is 1. The molecule has 1 amide bonds. The van der Waals surface area contributed by atoms with E-state index in [-0.39, 0.29) is 23.4 Å². The first-order valence-electron chi connectivity index (χ1n) is 8.60. The molecule has 0 spiro atoms. The molecule has 28 heavy (non-hydrogen) atoms. The lowest BCUT2D eigenvalue weighted by atomic mass is 10.1. The summed E-state index contributed by atoms with van der Waals surface area (Å²) in [6, 6.07) is 15.5. The highest BCUT2D eigenvalue weighted by atomic mass is 19.1. The van der Waals surface area contributed by atoms with Crippen molar-refractivity contribution in [2.75, 3.05) is 5.32 Å². The van der Waals surface area contributed by atoms with Gasteiger partial charge in [-0.3, -0.25) is 9.59 Å². The Morgan fingerprint density at radius 3 is 2.75 bits per heavy atom. The zero-order chi connectivity index (χ0) is 19.7. The number of nitrogens with one attached hydrogen (secondary N) is 2. The van der Waals surface area contributed by atoms with Gasteiger partial charge in [0.1, 0.15) is 11.3 Å². The standard InChI is InChI=1S/C20H16FN5O2/c1-12-7-8-14(21)16(9-12)22-19(27)11-18-23-24-20(28)17-10-15(25-26(17)18)13-5-3-2-4-6-13/h2-10H,11H2,1H3,(H,22,27)(H,24,28). The molecule has 2 N–H and O–H groups in total. The van der Waals surface area contributed by atoms with Crippen molar-refractivity contribution in [3.63, 3.8) is 0 Å².